The molecule has 2 N–H and O–H groups in total. The van der Waals surface area contributed by atoms with Crippen LogP contribution < -0.4 is 14.2 Å². The molecule has 3 aromatic rings. The fraction of sp³-hybridized carbons (Fsp3) is 0.241. The predicted molar refractivity (Wildman–Crippen MR) is 136 cm³/mol. The van der Waals surface area contributed by atoms with Crippen LogP contribution in [0.5, 0.6) is 23.0 Å². The molecule has 0 saturated carbocycles. The number of aliphatic hydroxyl groups is 1. The molecule has 2 heterocycles. The SMILES string of the molecule is CCOc1cc(C2C(=C(O)c3ccc4c(c3)OCCO4)C(=O)C(=O)N2CCc2ccccc2)ccc1O. The third-order valence-corrected chi connectivity index (χ3v) is 6.44. The fourth-order valence-corrected chi connectivity index (χ4v) is 4.67. The van der Waals surface area contributed by atoms with Crippen molar-refractivity contribution in [1.29, 1.82) is 0 Å². The van der Waals surface area contributed by atoms with Crippen LogP contribution in [0.25, 0.3) is 5.76 Å². The molecule has 2 aliphatic heterocycles. The van der Waals surface area contributed by atoms with E-state index in [2.05, 4.69) is 0 Å². The van der Waals surface area contributed by atoms with E-state index in [0.717, 1.165) is 5.56 Å². The number of phenols is 1. The highest BCUT2D eigenvalue weighted by atomic mass is 16.6. The Morgan fingerprint density at radius 3 is 2.51 bits per heavy atom. The molecule has 0 aromatic heterocycles. The van der Waals surface area contributed by atoms with E-state index in [0.29, 0.717) is 48.9 Å². The summed E-state index contributed by atoms with van der Waals surface area (Å²) in [6, 6.07) is 18.3. The van der Waals surface area contributed by atoms with E-state index >= 15 is 0 Å². The van der Waals surface area contributed by atoms with Crippen LogP contribution in [-0.4, -0.2) is 53.2 Å². The van der Waals surface area contributed by atoms with Gasteiger partial charge in [-0.1, -0.05) is 36.4 Å². The number of aromatic hydroxyl groups is 1. The Labute approximate surface area is 214 Å². The molecule has 1 fully saturated rings. The molecule has 2 aliphatic rings. The number of carbonyl (C=O) groups is 2. The number of nitrogens with zero attached hydrogens (tertiary/aromatic N) is 1. The molecule has 0 spiro atoms. The number of ketones is 1. The van der Waals surface area contributed by atoms with E-state index in [-0.39, 0.29) is 29.4 Å². The molecule has 37 heavy (non-hydrogen) atoms. The van der Waals surface area contributed by atoms with Crippen molar-refractivity contribution in [2.24, 2.45) is 0 Å². The van der Waals surface area contributed by atoms with Crippen molar-refractivity contribution in [3.63, 3.8) is 0 Å². The maximum Gasteiger partial charge on any atom is 0.295 e. The zero-order valence-electron chi connectivity index (χ0n) is 20.3. The van der Waals surface area contributed by atoms with Crippen LogP contribution >= 0.6 is 0 Å². The molecular weight excluding hydrogens is 474 g/mol. The average Bonchev–Trinajstić information content (AvgIpc) is 3.18. The summed E-state index contributed by atoms with van der Waals surface area (Å²) in [5, 5.41) is 21.6. The Kier molecular flexibility index (Phi) is 6.72. The van der Waals surface area contributed by atoms with Gasteiger partial charge in [-0.2, -0.15) is 0 Å². The first-order chi connectivity index (χ1) is 18.0. The first kappa shape index (κ1) is 24.2. The van der Waals surface area contributed by atoms with Crippen LogP contribution in [0, 0.1) is 0 Å². The maximum atomic E-state index is 13.3. The first-order valence-electron chi connectivity index (χ1n) is 12.2. The van der Waals surface area contributed by atoms with E-state index < -0.39 is 17.7 Å². The molecule has 0 radical (unpaired) electrons. The standard InChI is InChI=1S/C29H27NO7/c1-2-35-23-16-19(8-10-21(23)31)26-25(27(32)20-9-11-22-24(17-20)37-15-14-36-22)28(33)29(34)30(26)13-12-18-6-4-3-5-7-18/h3-11,16-17,26,31-32H,2,12-15H2,1H3. The van der Waals surface area contributed by atoms with Crippen molar-refractivity contribution < 1.29 is 34.0 Å². The van der Waals surface area contributed by atoms with Gasteiger partial charge in [0.1, 0.15) is 19.0 Å². The second-order valence-corrected chi connectivity index (χ2v) is 8.75. The van der Waals surface area contributed by atoms with Gasteiger partial charge in [-0.15, -0.1) is 0 Å². The Hall–Kier alpha value is -4.46. The lowest BCUT2D eigenvalue weighted by Crippen LogP contribution is -2.31. The van der Waals surface area contributed by atoms with Crippen LogP contribution in [0.4, 0.5) is 0 Å². The molecule has 190 valence electrons. The highest BCUT2D eigenvalue weighted by molar-refractivity contribution is 6.46. The number of benzene rings is 3. The van der Waals surface area contributed by atoms with Crippen LogP contribution in [0.15, 0.2) is 72.3 Å². The van der Waals surface area contributed by atoms with Crippen LogP contribution in [0.3, 0.4) is 0 Å². The minimum absolute atomic E-state index is 0.0390. The van der Waals surface area contributed by atoms with E-state index in [9.17, 15) is 19.8 Å². The molecular formula is C29H27NO7. The lowest BCUT2D eigenvalue weighted by Gasteiger charge is -2.26. The molecule has 0 aliphatic carbocycles. The quantitative estimate of drug-likeness (QED) is 0.284. The van der Waals surface area contributed by atoms with Crippen LogP contribution in [0.1, 0.15) is 29.7 Å². The van der Waals surface area contributed by atoms with Gasteiger partial charge in [-0.25, -0.2) is 0 Å². The number of phenolic OH excluding ortho intramolecular Hbond substituents is 1. The molecule has 8 nitrogen and oxygen atoms in total. The molecule has 0 bridgehead atoms. The number of amides is 1. The first-order valence-corrected chi connectivity index (χ1v) is 12.2. The summed E-state index contributed by atoms with van der Waals surface area (Å²) in [4.78, 5) is 28.1. The van der Waals surface area contributed by atoms with E-state index in [1.54, 1.807) is 37.3 Å². The maximum absolute atomic E-state index is 13.3. The summed E-state index contributed by atoms with van der Waals surface area (Å²) >= 11 is 0. The number of rotatable bonds is 7. The third-order valence-electron chi connectivity index (χ3n) is 6.44. The summed E-state index contributed by atoms with van der Waals surface area (Å²) in [5.74, 6) is -0.626. The van der Waals surface area contributed by atoms with Crippen molar-refractivity contribution in [1.82, 2.24) is 4.90 Å². The van der Waals surface area contributed by atoms with Crippen molar-refractivity contribution >= 4 is 17.4 Å². The zero-order valence-corrected chi connectivity index (χ0v) is 20.3. The molecule has 8 heteroatoms. The largest absolute Gasteiger partial charge is 0.507 e. The van der Waals surface area contributed by atoms with E-state index in [1.807, 2.05) is 30.3 Å². The molecule has 1 atom stereocenters. The van der Waals surface area contributed by atoms with Gasteiger partial charge in [0.2, 0.25) is 0 Å². The van der Waals surface area contributed by atoms with E-state index in [4.69, 9.17) is 14.2 Å². The third kappa shape index (κ3) is 4.70. The number of likely N-dealkylation sites (tertiary alicyclic amines) is 1. The summed E-state index contributed by atoms with van der Waals surface area (Å²) in [6.07, 6.45) is 0.519. The predicted octanol–water partition coefficient (Wildman–Crippen LogP) is 4.23. The van der Waals surface area contributed by atoms with Gasteiger partial charge in [0.05, 0.1) is 18.2 Å². The van der Waals surface area contributed by atoms with E-state index in [1.165, 1.54) is 11.0 Å². The monoisotopic (exact) mass is 501 g/mol. The number of Topliss-reactive ketones (excluding diaryl/α,β-unsaturated/α-hetero) is 1. The molecule has 3 aromatic carbocycles. The Morgan fingerprint density at radius 2 is 1.76 bits per heavy atom. The Bertz CT molecular complexity index is 1370. The lowest BCUT2D eigenvalue weighted by molar-refractivity contribution is -0.139. The number of hydrogen-bond donors (Lipinski definition) is 2. The normalized spacial score (nSPS) is 18.2. The highest BCUT2D eigenvalue weighted by Crippen LogP contribution is 2.43. The number of hydrogen-bond acceptors (Lipinski definition) is 7. The average molecular weight is 502 g/mol. The Morgan fingerprint density at radius 1 is 1.00 bits per heavy atom. The summed E-state index contributed by atoms with van der Waals surface area (Å²) < 4.78 is 16.7. The lowest BCUT2D eigenvalue weighted by atomic mass is 9.94. The Balaban J connectivity index is 1.60. The molecule has 1 saturated heterocycles. The summed E-state index contributed by atoms with van der Waals surface area (Å²) in [7, 11) is 0. The van der Waals surface area contributed by atoms with Crippen molar-refractivity contribution in [3.05, 3.63) is 89.0 Å². The highest BCUT2D eigenvalue weighted by Gasteiger charge is 2.46. The number of carbonyl (C=O) groups excluding carboxylic acids is 2. The van der Waals surface area contributed by atoms with Gasteiger partial charge < -0.3 is 29.3 Å². The number of ether oxygens (including phenoxy) is 3. The minimum atomic E-state index is -0.878. The number of aliphatic hydroxyl groups excluding tert-OH is 1. The second-order valence-electron chi connectivity index (χ2n) is 8.75. The van der Waals surface area contributed by atoms with Crippen LogP contribution in [-0.2, 0) is 16.0 Å². The van der Waals surface area contributed by atoms with Crippen molar-refractivity contribution in [2.45, 2.75) is 19.4 Å². The topological polar surface area (TPSA) is 106 Å². The molecule has 5 rings (SSSR count). The van der Waals surface area contributed by atoms with Crippen molar-refractivity contribution in [3.8, 4) is 23.0 Å². The fourth-order valence-electron chi connectivity index (χ4n) is 4.67. The zero-order chi connectivity index (χ0) is 25.9. The minimum Gasteiger partial charge on any atom is -0.507 e. The smallest absolute Gasteiger partial charge is 0.295 e. The van der Waals surface area contributed by atoms with Gasteiger partial charge in [-0.3, -0.25) is 9.59 Å². The van der Waals surface area contributed by atoms with Gasteiger partial charge in [0, 0.05) is 12.1 Å². The van der Waals surface area contributed by atoms with Gasteiger partial charge in [0.25, 0.3) is 11.7 Å². The summed E-state index contributed by atoms with van der Waals surface area (Å²) in [5.41, 5.74) is 1.84. The van der Waals surface area contributed by atoms with Crippen molar-refractivity contribution in [2.75, 3.05) is 26.4 Å². The summed E-state index contributed by atoms with van der Waals surface area (Å²) in [6.45, 7) is 3.16. The van der Waals surface area contributed by atoms with Gasteiger partial charge in [0.15, 0.2) is 23.0 Å². The molecule has 1 unspecified atom stereocenters. The molecule has 1 amide bonds. The number of fused-ring (bicyclic) bond motifs is 1. The van der Waals surface area contributed by atoms with Crippen LogP contribution in [0.2, 0.25) is 0 Å². The van der Waals surface area contributed by atoms with Gasteiger partial charge in [-0.05, 0) is 54.8 Å². The second kappa shape index (κ2) is 10.3. The van der Waals surface area contributed by atoms with Gasteiger partial charge >= 0.3 is 0 Å².